The van der Waals surface area contributed by atoms with E-state index < -0.39 is 0 Å². The summed E-state index contributed by atoms with van der Waals surface area (Å²) in [5.41, 5.74) is 15.0. The lowest BCUT2D eigenvalue weighted by atomic mass is 9.98. The Hall–Kier alpha value is -9.39. The molecule has 0 unspecified atom stereocenters. The molecular formula is C63H40N6. The van der Waals surface area contributed by atoms with Gasteiger partial charge in [0.15, 0.2) is 17.5 Å². The van der Waals surface area contributed by atoms with Gasteiger partial charge in [-0.25, -0.2) is 15.0 Å². The molecule has 10 aromatic carbocycles. The van der Waals surface area contributed by atoms with Gasteiger partial charge in [-0.05, 0) is 77.9 Å². The second kappa shape index (κ2) is 15.6. The lowest BCUT2D eigenvalue weighted by Crippen LogP contribution is -2.08. The molecule has 0 fully saturated rings. The molecule has 322 valence electrons. The summed E-state index contributed by atoms with van der Waals surface area (Å²) in [6.45, 7) is 0. The van der Waals surface area contributed by atoms with E-state index in [0.29, 0.717) is 17.5 Å². The molecule has 0 aliphatic heterocycles. The van der Waals surface area contributed by atoms with E-state index in [1.807, 2.05) is 36.4 Å². The standard InChI is InChI=1S/C63H40N6/c1-4-20-41(21-5-1)61-64-62(42-22-6-2-7-23-42)66-63(65-61)50-31-19-37-58(60(50)69-53-33-15-10-26-46(53)47-27-11-16-34-54(47)69)68-55-35-17-13-29-49(55)59-45(30-18-36-57(59)68)43-38-39-56-51(40-43)48-28-12-14-32-52(48)67(56)44-24-8-3-9-25-44/h1-40H. The average molecular weight is 881 g/mol. The highest BCUT2D eigenvalue weighted by Gasteiger charge is 2.26. The van der Waals surface area contributed by atoms with Gasteiger partial charge >= 0.3 is 0 Å². The van der Waals surface area contributed by atoms with Crippen LogP contribution < -0.4 is 0 Å². The molecule has 0 spiro atoms. The van der Waals surface area contributed by atoms with Crippen molar-refractivity contribution < 1.29 is 0 Å². The Kier molecular flexibility index (Phi) is 8.79. The van der Waals surface area contributed by atoms with Crippen molar-refractivity contribution in [2.75, 3.05) is 0 Å². The van der Waals surface area contributed by atoms with Gasteiger partial charge < -0.3 is 13.7 Å². The summed E-state index contributed by atoms with van der Waals surface area (Å²) in [5.74, 6) is 1.82. The van der Waals surface area contributed by atoms with E-state index in [-0.39, 0.29) is 0 Å². The fraction of sp³-hybridized carbons (Fsp3) is 0. The minimum Gasteiger partial charge on any atom is -0.309 e. The number of rotatable bonds is 7. The first-order valence-corrected chi connectivity index (χ1v) is 23.4. The van der Waals surface area contributed by atoms with Gasteiger partial charge in [-0.2, -0.15) is 0 Å². The highest BCUT2D eigenvalue weighted by molar-refractivity contribution is 6.18. The zero-order valence-corrected chi connectivity index (χ0v) is 37.3. The maximum absolute atomic E-state index is 5.35. The molecule has 0 amide bonds. The van der Waals surface area contributed by atoms with Crippen LogP contribution in [0.2, 0.25) is 0 Å². The third-order valence-electron chi connectivity index (χ3n) is 13.7. The van der Waals surface area contributed by atoms with Crippen molar-refractivity contribution in [2.45, 2.75) is 0 Å². The van der Waals surface area contributed by atoms with Crippen molar-refractivity contribution in [1.29, 1.82) is 0 Å². The van der Waals surface area contributed by atoms with Gasteiger partial charge in [0, 0.05) is 54.7 Å². The number of hydrogen-bond acceptors (Lipinski definition) is 3. The summed E-state index contributed by atoms with van der Waals surface area (Å²) in [6, 6.07) is 86.3. The van der Waals surface area contributed by atoms with Gasteiger partial charge in [-0.3, -0.25) is 0 Å². The van der Waals surface area contributed by atoms with Crippen LogP contribution in [0.4, 0.5) is 0 Å². The van der Waals surface area contributed by atoms with Gasteiger partial charge in [0.25, 0.3) is 0 Å². The first-order chi connectivity index (χ1) is 34.3. The first kappa shape index (κ1) is 38.8. The van der Waals surface area contributed by atoms with Gasteiger partial charge in [-0.15, -0.1) is 0 Å². The SMILES string of the molecule is c1ccc(-c2nc(-c3ccccc3)nc(-c3cccc(-n4c5ccccc5c5c(-c6ccc7c(c6)c6ccccc6n7-c6ccccc6)cccc54)c3-n3c4ccccc4c4ccccc43)n2)cc1. The predicted octanol–water partition coefficient (Wildman–Crippen LogP) is 15.8. The number of benzene rings is 10. The van der Waals surface area contributed by atoms with Gasteiger partial charge in [-0.1, -0.05) is 176 Å². The molecule has 14 rings (SSSR count). The van der Waals surface area contributed by atoms with E-state index in [1.165, 1.54) is 48.9 Å². The van der Waals surface area contributed by atoms with Crippen LogP contribution >= 0.6 is 0 Å². The fourth-order valence-corrected chi connectivity index (χ4v) is 10.7. The van der Waals surface area contributed by atoms with E-state index in [0.717, 1.165) is 61.4 Å². The van der Waals surface area contributed by atoms with Crippen molar-refractivity contribution in [3.05, 3.63) is 243 Å². The maximum atomic E-state index is 5.35. The molecule has 0 N–H and O–H groups in total. The number of hydrogen-bond donors (Lipinski definition) is 0. The summed E-state index contributed by atoms with van der Waals surface area (Å²) in [6.07, 6.45) is 0. The second-order valence-electron chi connectivity index (χ2n) is 17.6. The molecule has 0 saturated heterocycles. The molecule has 0 radical (unpaired) electrons. The summed E-state index contributed by atoms with van der Waals surface area (Å²) < 4.78 is 7.25. The Morgan fingerprint density at radius 2 is 0.710 bits per heavy atom. The monoisotopic (exact) mass is 880 g/mol. The van der Waals surface area contributed by atoms with Crippen LogP contribution in [-0.4, -0.2) is 28.7 Å². The molecule has 6 nitrogen and oxygen atoms in total. The molecule has 69 heavy (non-hydrogen) atoms. The topological polar surface area (TPSA) is 53.5 Å². The lowest BCUT2D eigenvalue weighted by molar-refractivity contribution is 1.05. The van der Waals surface area contributed by atoms with E-state index in [1.54, 1.807) is 0 Å². The number of nitrogens with zero attached hydrogens (tertiary/aromatic N) is 6. The quantitative estimate of drug-likeness (QED) is 0.160. The van der Waals surface area contributed by atoms with Crippen LogP contribution in [0, 0.1) is 0 Å². The van der Waals surface area contributed by atoms with Crippen LogP contribution in [0.25, 0.3) is 128 Å². The molecule has 0 aliphatic rings. The molecule has 0 aliphatic carbocycles. The Bertz CT molecular complexity index is 4190. The third-order valence-corrected chi connectivity index (χ3v) is 13.7. The second-order valence-corrected chi connectivity index (χ2v) is 17.6. The number of para-hydroxylation sites is 6. The van der Waals surface area contributed by atoms with Crippen molar-refractivity contribution in [1.82, 2.24) is 28.7 Å². The molecule has 0 bridgehead atoms. The zero-order valence-electron chi connectivity index (χ0n) is 37.3. The van der Waals surface area contributed by atoms with Gasteiger partial charge in [0.1, 0.15) is 0 Å². The highest BCUT2D eigenvalue weighted by atomic mass is 15.1. The first-order valence-electron chi connectivity index (χ1n) is 23.4. The minimum atomic E-state index is 0.589. The highest BCUT2D eigenvalue weighted by Crippen LogP contribution is 2.45. The number of fused-ring (bicyclic) bond motifs is 9. The summed E-state index contributed by atoms with van der Waals surface area (Å²) in [5, 5.41) is 7.16. The molecule has 4 aromatic heterocycles. The lowest BCUT2D eigenvalue weighted by Gasteiger charge is -2.20. The molecule has 0 atom stereocenters. The average Bonchev–Trinajstić information content (AvgIpc) is 4.07. The summed E-state index contributed by atoms with van der Waals surface area (Å²) >= 11 is 0. The molecule has 0 saturated carbocycles. The van der Waals surface area contributed by atoms with Gasteiger partial charge in [0.2, 0.25) is 0 Å². The zero-order chi connectivity index (χ0) is 45.4. The molecule has 4 heterocycles. The number of aromatic nitrogens is 6. The predicted molar refractivity (Wildman–Crippen MR) is 285 cm³/mol. The largest absolute Gasteiger partial charge is 0.309 e. The summed E-state index contributed by atoms with van der Waals surface area (Å²) in [4.78, 5) is 15.8. The minimum absolute atomic E-state index is 0.589. The smallest absolute Gasteiger partial charge is 0.166 e. The Balaban J connectivity index is 1.07. The Morgan fingerprint density at radius 3 is 1.33 bits per heavy atom. The van der Waals surface area contributed by atoms with Crippen LogP contribution in [-0.2, 0) is 0 Å². The summed E-state index contributed by atoms with van der Waals surface area (Å²) in [7, 11) is 0. The Morgan fingerprint density at radius 1 is 0.261 bits per heavy atom. The van der Waals surface area contributed by atoms with Crippen LogP contribution in [0.1, 0.15) is 0 Å². The van der Waals surface area contributed by atoms with E-state index >= 15 is 0 Å². The van der Waals surface area contributed by atoms with E-state index in [2.05, 4.69) is 220 Å². The van der Waals surface area contributed by atoms with Crippen molar-refractivity contribution in [3.8, 4) is 62.4 Å². The van der Waals surface area contributed by atoms with E-state index in [4.69, 9.17) is 15.0 Å². The molecular weight excluding hydrogens is 841 g/mol. The van der Waals surface area contributed by atoms with Crippen LogP contribution in [0.5, 0.6) is 0 Å². The van der Waals surface area contributed by atoms with Gasteiger partial charge in [0.05, 0.1) is 44.5 Å². The maximum Gasteiger partial charge on any atom is 0.166 e. The normalized spacial score (nSPS) is 11.8. The Labute approximate surface area is 397 Å². The van der Waals surface area contributed by atoms with Crippen molar-refractivity contribution in [3.63, 3.8) is 0 Å². The molecule has 6 heteroatoms. The van der Waals surface area contributed by atoms with Crippen molar-refractivity contribution >= 4 is 65.4 Å². The van der Waals surface area contributed by atoms with Crippen LogP contribution in [0.3, 0.4) is 0 Å². The third kappa shape index (κ3) is 6.09. The van der Waals surface area contributed by atoms with Crippen LogP contribution in [0.15, 0.2) is 243 Å². The van der Waals surface area contributed by atoms with E-state index in [9.17, 15) is 0 Å². The molecule has 14 aromatic rings. The fourth-order valence-electron chi connectivity index (χ4n) is 10.7. The van der Waals surface area contributed by atoms with Crippen molar-refractivity contribution in [2.24, 2.45) is 0 Å².